The summed E-state index contributed by atoms with van der Waals surface area (Å²) >= 11 is 6.10. The van der Waals surface area contributed by atoms with Crippen molar-refractivity contribution in [2.75, 3.05) is 24.4 Å². The maximum atomic E-state index is 12.5. The van der Waals surface area contributed by atoms with Gasteiger partial charge in [-0.1, -0.05) is 41.9 Å². The van der Waals surface area contributed by atoms with E-state index in [-0.39, 0.29) is 5.91 Å². The third kappa shape index (κ3) is 4.77. The molecule has 27 heavy (non-hydrogen) atoms. The van der Waals surface area contributed by atoms with Crippen LogP contribution < -0.4 is 15.0 Å². The summed E-state index contributed by atoms with van der Waals surface area (Å²) in [4.78, 5) is 18.8. The largest absolute Gasteiger partial charge is 0.495 e. The number of nitrogens with one attached hydrogen (secondary N) is 1. The molecule has 0 saturated carbocycles. The van der Waals surface area contributed by atoms with Crippen LogP contribution in [0.5, 0.6) is 5.75 Å². The van der Waals surface area contributed by atoms with Crippen LogP contribution >= 0.6 is 11.6 Å². The molecule has 138 valence electrons. The van der Waals surface area contributed by atoms with Gasteiger partial charge in [-0.15, -0.1) is 0 Å². The zero-order valence-electron chi connectivity index (χ0n) is 15.1. The standard InChI is InChI=1S/C21H20ClN3O2/c1-25(14-15-6-4-3-5-7-15)17-10-11-23-19(13-17)21(26)24-16-8-9-20(27-2)18(22)12-16/h3-13H,14H2,1-2H3,(H,24,26). The van der Waals surface area contributed by atoms with Crippen molar-refractivity contribution in [3.63, 3.8) is 0 Å². The van der Waals surface area contributed by atoms with Crippen LogP contribution in [0.3, 0.4) is 0 Å². The first kappa shape index (κ1) is 18.7. The number of methoxy groups -OCH3 is 1. The van der Waals surface area contributed by atoms with Gasteiger partial charge in [0.15, 0.2) is 0 Å². The molecular formula is C21H20ClN3O2. The highest BCUT2D eigenvalue weighted by molar-refractivity contribution is 6.32. The summed E-state index contributed by atoms with van der Waals surface area (Å²) in [6.45, 7) is 0.736. The highest BCUT2D eigenvalue weighted by Crippen LogP contribution is 2.27. The fraction of sp³-hybridized carbons (Fsp3) is 0.143. The third-order valence-corrected chi connectivity index (χ3v) is 4.38. The molecule has 0 bridgehead atoms. The van der Waals surface area contributed by atoms with Gasteiger partial charge in [-0.25, -0.2) is 0 Å². The minimum Gasteiger partial charge on any atom is -0.495 e. The van der Waals surface area contributed by atoms with Crippen LogP contribution in [0, 0.1) is 0 Å². The Morgan fingerprint density at radius 1 is 1.15 bits per heavy atom. The van der Waals surface area contributed by atoms with Gasteiger partial charge in [-0.05, 0) is 35.9 Å². The van der Waals surface area contributed by atoms with E-state index in [2.05, 4.69) is 27.3 Å². The Labute approximate surface area is 163 Å². The van der Waals surface area contributed by atoms with E-state index in [1.807, 2.05) is 31.3 Å². The lowest BCUT2D eigenvalue weighted by molar-refractivity contribution is 0.102. The van der Waals surface area contributed by atoms with Crippen molar-refractivity contribution < 1.29 is 9.53 Å². The maximum Gasteiger partial charge on any atom is 0.274 e. The molecule has 6 heteroatoms. The van der Waals surface area contributed by atoms with Gasteiger partial charge in [0.05, 0.1) is 12.1 Å². The van der Waals surface area contributed by atoms with Crippen LogP contribution in [-0.2, 0) is 6.54 Å². The Balaban J connectivity index is 1.72. The van der Waals surface area contributed by atoms with Gasteiger partial charge in [0.1, 0.15) is 11.4 Å². The second-order valence-corrected chi connectivity index (χ2v) is 6.45. The average Bonchev–Trinajstić information content (AvgIpc) is 2.69. The Morgan fingerprint density at radius 2 is 1.93 bits per heavy atom. The molecule has 0 saturated heterocycles. The van der Waals surface area contributed by atoms with E-state index >= 15 is 0 Å². The summed E-state index contributed by atoms with van der Waals surface area (Å²) in [5.41, 5.74) is 3.01. The Morgan fingerprint density at radius 3 is 2.63 bits per heavy atom. The number of nitrogens with zero attached hydrogens (tertiary/aromatic N) is 2. The molecule has 0 aliphatic carbocycles. The van der Waals surface area contributed by atoms with Crippen molar-refractivity contribution in [1.82, 2.24) is 4.98 Å². The van der Waals surface area contributed by atoms with Crippen LogP contribution in [0.2, 0.25) is 5.02 Å². The first-order valence-corrected chi connectivity index (χ1v) is 8.80. The average molecular weight is 382 g/mol. The molecule has 0 aliphatic heterocycles. The highest BCUT2D eigenvalue weighted by atomic mass is 35.5. The Hall–Kier alpha value is -3.05. The van der Waals surface area contributed by atoms with E-state index in [4.69, 9.17) is 16.3 Å². The molecule has 0 radical (unpaired) electrons. The van der Waals surface area contributed by atoms with Crippen LogP contribution in [0.25, 0.3) is 0 Å². The van der Waals surface area contributed by atoms with Crippen LogP contribution in [0.15, 0.2) is 66.9 Å². The monoisotopic (exact) mass is 381 g/mol. The molecule has 3 aromatic rings. The Kier molecular flexibility index (Phi) is 5.94. The number of carbonyl (C=O) groups excluding carboxylic acids is 1. The summed E-state index contributed by atoms with van der Waals surface area (Å²) < 4.78 is 5.12. The Bertz CT molecular complexity index is 932. The van der Waals surface area contributed by atoms with Crippen LogP contribution in [0.4, 0.5) is 11.4 Å². The van der Waals surface area contributed by atoms with Crippen molar-refractivity contribution in [3.05, 3.63) is 83.1 Å². The molecule has 0 atom stereocenters. The first-order chi connectivity index (χ1) is 13.1. The number of anilines is 2. The number of hydrogen-bond donors (Lipinski definition) is 1. The van der Waals surface area contributed by atoms with Gasteiger partial charge in [0, 0.05) is 31.2 Å². The molecule has 1 amide bonds. The smallest absolute Gasteiger partial charge is 0.274 e. The quantitative estimate of drug-likeness (QED) is 0.676. The molecule has 0 spiro atoms. The van der Waals surface area contributed by atoms with E-state index in [0.717, 1.165) is 12.2 Å². The number of hydrogen-bond acceptors (Lipinski definition) is 4. The van der Waals surface area contributed by atoms with Gasteiger partial charge in [0.25, 0.3) is 5.91 Å². The van der Waals surface area contributed by atoms with Crippen molar-refractivity contribution in [2.45, 2.75) is 6.54 Å². The number of carbonyl (C=O) groups is 1. The second-order valence-electron chi connectivity index (χ2n) is 6.04. The number of halogens is 1. The number of aromatic nitrogens is 1. The summed E-state index contributed by atoms with van der Waals surface area (Å²) in [5.74, 6) is 0.253. The molecule has 0 fully saturated rings. The zero-order chi connectivity index (χ0) is 19.2. The molecule has 1 aromatic heterocycles. The van der Waals surface area contributed by atoms with Crippen LogP contribution in [-0.4, -0.2) is 25.0 Å². The molecule has 1 heterocycles. The second kappa shape index (κ2) is 8.56. The van der Waals surface area contributed by atoms with Crippen molar-refractivity contribution in [3.8, 4) is 5.75 Å². The normalized spacial score (nSPS) is 10.3. The minimum absolute atomic E-state index is 0.300. The van der Waals surface area contributed by atoms with Gasteiger partial charge in [0.2, 0.25) is 0 Å². The number of rotatable bonds is 6. The summed E-state index contributed by atoms with van der Waals surface area (Å²) in [5, 5.41) is 3.24. The van der Waals surface area contributed by atoms with Gasteiger partial charge in [-0.3, -0.25) is 9.78 Å². The maximum absolute atomic E-state index is 12.5. The van der Waals surface area contributed by atoms with E-state index in [0.29, 0.717) is 22.2 Å². The van der Waals surface area contributed by atoms with Gasteiger partial charge >= 0.3 is 0 Å². The molecule has 1 N–H and O–H groups in total. The predicted octanol–water partition coefficient (Wildman–Crippen LogP) is 4.63. The topological polar surface area (TPSA) is 54.5 Å². The van der Waals surface area contributed by atoms with E-state index in [1.165, 1.54) is 5.56 Å². The van der Waals surface area contributed by atoms with E-state index < -0.39 is 0 Å². The van der Waals surface area contributed by atoms with Gasteiger partial charge < -0.3 is 15.0 Å². The highest BCUT2D eigenvalue weighted by Gasteiger charge is 2.12. The summed E-state index contributed by atoms with van der Waals surface area (Å²) in [7, 11) is 3.52. The molecule has 0 unspecified atom stereocenters. The fourth-order valence-corrected chi connectivity index (χ4v) is 2.93. The lowest BCUT2D eigenvalue weighted by atomic mass is 10.2. The third-order valence-electron chi connectivity index (χ3n) is 4.09. The minimum atomic E-state index is -0.300. The lowest BCUT2D eigenvalue weighted by Crippen LogP contribution is -2.18. The molecular weight excluding hydrogens is 362 g/mol. The molecule has 2 aromatic carbocycles. The number of benzene rings is 2. The fourth-order valence-electron chi connectivity index (χ4n) is 2.67. The number of amides is 1. The number of pyridine rings is 1. The summed E-state index contributed by atoms with van der Waals surface area (Å²) in [6.07, 6.45) is 1.63. The molecule has 0 aliphatic rings. The molecule has 5 nitrogen and oxygen atoms in total. The van der Waals surface area contributed by atoms with Crippen LogP contribution in [0.1, 0.15) is 16.1 Å². The van der Waals surface area contributed by atoms with Crippen molar-refractivity contribution in [2.24, 2.45) is 0 Å². The van der Waals surface area contributed by atoms with Crippen molar-refractivity contribution in [1.29, 1.82) is 0 Å². The lowest BCUT2D eigenvalue weighted by Gasteiger charge is -2.19. The predicted molar refractivity (Wildman–Crippen MR) is 109 cm³/mol. The van der Waals surface area contributed by atoms with Crippen molar-refractivity contribution >= 4 is 28.9 Å². The zero-order valence-corrected chi connectivity index (χ0v) is 15.9. The number of ether oxygens (including phenoxy) is 1. The van der Waals surface area contributed by atoms with Gasteiger partial charge in [-0.2, -0.15) is 0 Å². The first-order valence-electron chi connectivity index (χ1n) is 8.43. The SMILES string of the molecule is COc1ccc(NC(=O)c2cc(N(C)Cc3ccccc3)ccn2)cc1Cl. The summed E-state index contributed by atoms with van der Waals surface area (Å²) in [6, 6.07) is 18.9. The van der Waals surface area contributed by atoms with E-state index in [9.17, 15) is 4.79 Å². The van der Waals surface area contributed by atoms with E-state index in [1.54, 1.807) is 37.6 Å². The molecule has 3 rings (SSSR count).